The van der Waals surface area contributed by atoms with Gasteiger partial charge in [0.05, 0.1) is 27.7 Å². The average molecular weight is 1260 g/mol. The maximum Gasteiger partial charge on any atom is 0.472 e. The first-order valence-corrected chi connectivity index (χ1v) is 36.3. The first kappa shape index (κ1) is 84.6. The molecule has 0 fully saturated rings. The summed E-state index contributed by atoms with van der Waals surface area (Å²) in [5, 5.41) is 0. The van der Waals surface area contributed by atoms with Crippen molar-refractivity contribution in [2.75, 3.05) is 47.5 Å². The standard InChI is InChI=1S/C80H126NO8P/c1-6-8-10-12-14-16-18-20-22-24-26-28-30-32-34-36-38-39-40-41-43-45-47-49-51-53-55-57-59-61-63-65-67-69-71-73-80(83)89-78(77-88-90(84,85)87-75-74-81(3,4)5)76-86-79(82)72-70-68-66-64-62-60-58-56-54-52-50-48-46-44-42-37-35-33-31-29-27-25-23-21-19-17-15-13-11-9-7-2/h8-11,14-17,20-23,26-29,32-35,38-39,41-44,47-50,53-56,78H,6-7,12-13,18-19,24-25,30-31,36-37,40,45-46,51-52,57-77H2,1-5H3/p+1/b10-8-,11-9-,16-14-,17-15-,22-20-,23-21-,28-26-,29-27-,34-32-,35-33-,39-38-,43-41-,44-42-,49-47-,50-48-,55-53-,56-54-. The molecule has 10 heteroatoms. The molecule has 0 aromatic carbocycles. The first-order valence-electron chi connectivity index (χ1n) is 34.8. The largest absolute Gasteiger partial charge is 0.472 e. The van der Waals surface area contributed by atoms with E-state index in [0.29, 0.717) is 23.9 Å². The maximum atomic E-state index is 12.9. The Labute approximate surface area is 551 Å². The van der Waals surface area contributed by atoms with Crippen LogP contribution in [0.2, 0.25) is 0 Å². The number of phosphoric ester groups is 1. The van der Waals surface area contributed by atoms with Gasteiger partial charge in [0.2, 0.25) is 0 Å². The molecule has 2 unspecified atom stereocenters. The van der Waals surface area contributed by atoms with Gasteiger partial charge < -0.3 is 18.9 Å². The number of unbranched alkanes of at least 4 members (excludes halogenated alkanes) is 13. The number of ether oxygens (including phenoxy) is 2. The third-order valence-corrected chi connectivity index (χ3v) is 14.8. The Bertz CT molecular complexity index is 2270. The van der Waals surface area contributed by atoms with Crippen LogP contribution in [0.25, 0.3) is 0 Å². The number of allylic oxidation sites excluding steroid dienone is 34. The first-order chi connectivity index (χ1) is 44.0. The van der Waals surface area contributed by atoms with E-state index in [9.17, 15) is 19.0 Å². The lowest BCUT2D eigenvalue weighted by Crippen LogP contribution is -2.37. The second kappa shape index (κ2) is 68.0. The molecule has 0 rings (SSSR count). The van der Waals surface area contributed by atoms with Crippen molar-refractivity contribution in [3.05, 3.63) is 207 Å². The Kier molecular flexibility index (Phi) is 63.9. The summed E-state index contributed by atoms with van der Waals surface area (Å²) in [6.45, 7) is 4.14. The van der Waals surface area contributed by atoms with Gasteiger partial charge in [-0.15, -0.1) is 0 Å². The van der Waals surface area contributed by atoms with E-state index >= 15 is 0 Å². The summed E-state index contributed by atoms with van der Waals surface area (Å²) in [4.78, 5) is 35.9. The van der Waals surface area contributed by atoms with Crippen LogP contribution in [-0.2, 0) is 32.7 Å². The molecule has 0 aliphatic heterocycles. The summed E-state index contributed by atoms with van der Waals surface area (Å²) in [5.41, 5.74) is 0. The summed E-state index contributed by atoms with van der Waals surface area (Å²) >= 11 is 0. The van der Waals surface area contributed by atoms with E-state index in [4.69, 9.17) is 18.5 Å². The van der Waals surface area contributed by atoms with Gasteiger partial charge in [-0.2, -0.15) is 0 Å². The highest BCUT2D eigenvalue weighted by Gasteiger charge is 2.27. The molecule has 0 spiro atoms. The molecule has 90 heavy (non-hydrogen) atoms. The smallest absolute Gasteiger partial charge is 0.462 e. The van der Waals surface area contributed by atoms with Gasteiger partial charge in [0.15, 0.2) is 6.10 Å². The number of nitrogens with zero attached hydrogens (tertiary/aromatic N) is 1. The van der Waals surface area contributed by atoms with Crippen LogP contribution in [0.15, 0.2) is 207 Å². The minimum absolute atomic E-state index is 0.0144. The van der Waals surface area contributed by atoms with Gasteiger partial charge in [0.25, 0.3) is 0 Å². The fourth-order valence-electron chi connectivity index (χ4n) is 8.55. The highest BCUT2D eigenvalue weighted by Crippen LogP contribution is 2.43. The molecule has 0 heterocycles. The van der Waals surface area contributed by atoms with E-state index in [-0.39, 0.29) is 26.1 Å². The Hall–Kier alpha value is -5.41. The van der Waals surface area contributed by atoms with Crippen LogP contribution < -0.4 is 0 Å². The number of esters is 2. The van der Waals surface area contributed by atoms with E-state index in [2.05, 4.69) is 220 Å². The summed E-state index contributed by atoms with van der Waals surface area (Å²) in [6.07, 6.45) is 108. The third-order valence-electron chi connectivity index (χ3n) is 13.8. The lowest BCUT2D eigenvalue weighted by molar-refractivity contribution is -0.870. The number of hydrogen-bond acceptors (Lipinski definition) is 7. The zero-order chi connectivity index (χ0) is 65.5. The topological polar surface area (TPSA) is 108 Å². The molecular weight excluding hydrogens is 1130 g/mol. The Morgan fingerprint density at radius 3 is 0.889 bits per heavy atom. The molecule has 504 valence electrons. The highest BCUT2D eigenvalue weighted by atomic mass is 31.2. The van der Waals surface area contributed by atoms with Crippen molar-refractivity contribution in [2.24, 2.45) is 0 Å². The van der Waals surface area contributed by atoms with Gasteiger partial charge in [0.1, 0.15) is 19.8 Å². The van der Waals surface area contributed by atoms with Crippen LogP contribution in [0.1, 0.15) is 232 Å². The normalized spacial score (nSPS) is 14.4. The lowest BCUT2D eigenvalue weighted by atomic mass is 10.1. The quantitative estimate of drug-likeness (QED) is 0.0211. The van der Waals surface area contributed by atoms with E-state index in [1.54, 1.807) is 0 Å². The van der Waals surface area contributed by atoms with Crippen LogP contribution in [0.5, 0.6) is 0 Å². The second-order valence-electron chi connectivity index (χ2n) is 23.4. The fourth-order valence-corrected chi connectivity index (χ4v) is 9.29. The molecular formula is C80H127NO8P+. The molecule has 0 amide bonds. The SMILES string of the molecule is CC/C=C\C/C=C\C/C=C\C/C=C\C/C=C\C/C=C\C/C=C\C/C=C\C/C=C\CCCCCCCCCC(=O)OC(COC(=O)CCCCCCCC/C=C\C/C=C\C/C=C\C/C=C\C/C=C\C/C=C\C/C=C\C/C=C\CC)COP(=O)(O)OCC[N+](C)(C)C. The molecule has 0 radical (unpaired) electrons. The third kappa shape index (κ3) is 71.7. The minimum atomic E-state index is -4.42. The van der Waals surface area contributed by atoms with Crippen molar-refractivity contribution >= 4 is 19.8 Å². The van der Waals surface area contributed by atoms with Crippen molar-refractivity contribution in [2.45, 2.75) is 238 Å². The minimum Gasteiger partial charge on any atom is -0.462 e. The van der Waals surface area contributed by atoms with E-state index in [1.807, 2.05) is 21.1 Å². The molecule has 0 aromatic heterocycles. The van der Waals surface area contributed by atoms with Gasteiger partial charge in [-0.05, 0) is 148 Å². The zero-order valence-electron chi connectivity index (χ0n) is 57.3. The molecule has 0 aliphatic carbocycles. The number of carbonyl (C=O) groups excluding carboxylic acids is 2. The molecule has 1 N–H and O–H groups in total. The predicted octanol–water partition coefficient (Wildman–Crippen LogP) is 23.0. The monoisotopic (exact) mass is 1260 g/mol. The Balaban J connectivity index is 4.22. The van der Waals surface area contributed by atoms with Crippen LogP contribution in [0.3, 0.4) is 0 Å². The summed E-state index contributed by atoms with van der Waals surface area (Å²) in [7, 11) is 1.43. The summed E-state index contributed by atoms with van der Waals surface area (Å²) in [5.74, 6) is -0.844. The number of carbonyl (C=O) groups is 2. The summed E-state index contributed by atoms with van der Waals surface area (Å²) < 4.78 is 34.7. The maximum absolute atomic E-state index is 12.9. The van der Waals surface area contributed by atoms with Crippen molar-refractivity contribution in [1.82, 2.24) is 0 Å². The van der Waals surface area contributed by atoms with Gasteiger partial charge in [-0.1, -0.05) is 278 Å². The number of hydrogen-bond donors (Lipinski definition) is 1. The van der Waals surface area contributed by atoms with Crippen molar-refractivity contribution in [1.29, 1.82) is 0 Å². The Morgan fingerprint density at radius 1 is 0.344 bits per heavy atom. The molecule has 2 atom stereocenters. The van der Waals surface area contributed by atoms with E-state index in [1.165, 1.54) is 12.8 Å². The number of phosphoric acid groups is 1. The molecule has 9 nitrogen and oxygen atoms in total. The van der Waals surface area contributed by atoms with Crippen LogP contribution >= 0.6 is 7.82 Å². The van der Waals surface area contributed by atoms with Crippen molar-refractivity contribution in [3.63, 3.8) is 0 Å². The van der Waals surface area contributed by atoms with Crippen LogP contribution in [0.4, 0.5) is 0 Å². The van der Waals surface area contributed by atoms with Crippen LogP contribution in [0, 0.1) is 0 Å². The van der Waals surface area contributed by atoms with E-state index < -0.39 is 32.5 Å². The average Bonchev–Trinajstić information content (AvgIpc) is 3.61. The van der Waals surface area contributed by atoms with Gasteiger partial charge >= 0.3 is 19.8 Å². The molecule has 0 saturated heterocycles. The van der Waals surface area contributed by atoms with Crippen LogP contribution in [-0.4, -0.2) is 74.9 Å². The molecule has 0 aliphatic rings. The van der Waals surface area contributed by atoms with Crippen molar-refractivity contribution < 1.29 is 42.1 Å². The van der Waals surface area contributed by atoms with Gasteiger partial charge in [0, 0.05) is 12.8 Å². The lowest BCUT2D eigenvalue weighted by Gasteiger charge is -2.24. The van der Waals surface area contributed by atoms with Crippen molar-refractivity contribution in [3.8, 4) is 0 Å². The zero-order valence-corrected chi connectivity index (χ0v) is 58.2. The summed E-state index contributed by atoms with van der Waals surface area (Å²) in [6, 6.07) is 0. The number of rotatable bonds is 61. The molecule has 0 bridgehead atoms. The Morgan fingerprint density at radius 2 is 0.600 bits per heavy atom. The highest BCUT2D eigenvalue weighted by molar-refractivity contribution is 7.47. The van der Waals surface area contributed by atoms with E-state index in [0.717, 1.165) is 180 Å². The van der Waals surface area contributed by atoms with Gasteiger partial charge in [-0.25, -0.2) is 4.57 Å². The number of likely N-dealkylation sites (N-methyl/N-ethyl adjacent to an activating group) is 1. The predicted molar refractivity (Wildman–Crippen MR) is 389 cm³/mol. The molecule has 0 saturated carbocycles. The second-order valence-corrected chi connectivity index (χ2v) is 24.9. The number of quaternary nitrogens is 1. The van der Waals surface area contributed by atoms with Gasteiger partial charge in [-0.3, -0.25) is 18.6 Å². The molecule has 0 aromatic rings. The fraction of sp³-hybridized carbons (Fsp3) is 0.550.